The summed E-state index contributed by atoms with van der Waals surface area (Å²) in [5.74, 6) is 0.0367. The van der Waals surface area contributed by atoms with E-state index in [1.165, 1.54) is 26.4 Å². The number of nitrogens with zero attached hydrogens (tertiary/aromatic N) is 1. The SMILES string of the molecule is COc1cc(Br)cc(/C=C(/C#N)c2ccc(C(=O)O)cc2)c1OC. The van der Waals surface area contributed by atoms with E-state index in [1.54, 1.807) is 24.3 Å². The van der Waals surface area contributed by atoms with Crippen LogP contribution in [0, 0.1) is 11.3 Å². The summed E-state index contributed by atoms with van der Waals surface area (Å²) in [4.78, 5) is 10.9. The van der Waals surface area contributed by atoms with Crippen molar-refractivity contribution < 1.29 is 19.4 Å². The molecule has 6 heteroatoms. The number of nitriles is 1. The monoisotopic (exact) mass is 387 g/mol. The van der Waals surface area contributed by atoms with E-state index in [0.717, 1.165) is 4.47 Å². The van der Waals surface area contributed by atoms with Crippen molar-refractivity contribution in [2.24, 2.45) is 0 Å². The summed E-state index contributed by atoms with van der Waals surface area (Å²) in [5, 5.41) is 18.4. The average Bonchev–Trinajstić information content (AvgIpc) is 2.59. The van der Waals surface area contributed by atoms with E-state index >= 15 is 0 Å². The third kappa shape index (κ3) is 3.76. The summed E-state index contributed by atoms with van der Waals surface area (Å²) in [6, 6.07) is 11.8. The molecule has 0 bridgehead atoms. The van der Waals surface area contributed by atoms with Crippen LogP contribution in [0.5, 0.6) is 11.5 Å². The van der Waals surface area contributed by atoms with Crippen molar-refractivity contribution >= 4 is 33.5 Å². The predicted molar refractivity (Wildman–Crippen MR) is 94.1 cm³/mol. The number of aromatic carboxylic acids is 1. The second-order valence-corrected chi connectivity index (χ2v) is 5.70. The fourth-order valence-corrected chi connectivity index (χ4v) is 2.65. The van der Waals surface area contributed by atoms with Gasteiger partial charge in [-0.3, -0.25) is 0 Å². The van der Waals surface area contributed by atoms with E-state index < -0.39 is 5.97 Å². The molecule has 0 aliphatic carbocycles. The lowest BCUT2D eigenvalue weighted by Crippen LogP contribution is -1.96. The minimum atomic E-state index is -1.01. The first-order valence-corrected chi connectivity index (χ1v) is 7.66. The highest BCUT2D eigenvalue weighted by molar-refractivity contribution is 9.10. The Morgan fingerprint density at radius 3 is 2.29 bits per heavy atom. The molecule has 1 N–H and O–H groups in total. The maximum Gasteiger partial charge on any atom is 0.335 e. The Balaban J connectivity index is 2.53. The van der Waals surface area contributed by atoms with Crippen LogP contribution in [-0.4, -0.2) is 25.3 Å². The molecule has 0 aliphatic heterocycles. The molecule has 2 aromatic carbocycles. The number of hydrogen-bond donors (Lipinski definition) is 1. The van der Waals surface area contributed by atoms with Gasteiger partial charge in [0.1, 0.15) is 0 Å². The van der Waals surface area contributed by atoms with Crippen molar-refractivity contribution in [3.8, 4) is 17.6 Å². The van der Waals surface area contributed by atoms with Gasteiger partial charge in [0.25, 0.3) is 0 Å². The van der Waals surface area contributed by atoms with Crippen LogP contribution in [0.25, 0.3) is 11.6 Å². The maximum absolute atomic E-state index is 10.9. The van der Waals surface area contributed by atoms with Gasteiger partial charge in [-0.15, -0.1) is 0 Å². The predicted octanol–water partition coefficient (Wildman–Crippen LogP) is 4.23. The van der Waals surface area contributed by atoms with Crippen LogP contribution in [0.1, 0.15) is 21.5 Å². The fourth-order valence-electron chi connectivity index (χ4n) is 2.19. The number of rotatable bonds is 5. The Morgan fingerprint density at radius 1 is 1.17 bits per heavy atom. The standard InChI is InChI=1S/C18H14BrNO4/c1-23-16-9-15(19)8-13(17(16)24-2)7-14(10-20)11-3-5-12(6-4-11)18(21)22/h3-9H,1-2H3,(H,21,22)/b14-7-. The number of ether oxygens (including phenoxy) is 2. The molecule has 0 unspecified atom stereocenters. The van der Waals surface area contributed by atoms with Gasteiger partial charge in [-0.05, 0) is 35.9 Å². The van der Waals surface area contributed by atoms with Crippen molar-refractivity contribution in [1.82, 2.24) is 0 Å². The number of methoxy groups -OCH3 is 2. The van der Waals surface area contributed by atoms with Gasteiger partial charge in [0.05, 0.1) is 31.4 Å². The quantitative estimate of drug-likeness (QED) is 0.613. The highest BCUT2D eigenvalue weighted by Gasteiger charge is 2.12. The summed E-state index contributed by atoms with van der Waals surface area (Å²) in [6.45, 7) is 0. The number of carboxylic acid groups (broad SMARTS) is 1. The van der Waals surface area contributed by atoms with Gasteiger partial charge in [0, 0.05) is 10.0 Å². The van der Waals surface area contributed by atoms with Gasteiger partial charge in [-0.1, -0.05) is 28.1 Å². The molecule has 2 rings (SSSR count). The number of hydrogen-bond acceptors (Lipinski definition) is 4. The van der Waals surface area contributed by atoms with Gasteiger partial charge in [-0.2, -0.15) is 5.26 Å². The Morgan fingerprint density at radius 2 is 1.79 bits per heavy atom. The van der Waals surface area contributed by atoms with Crippen molar-refractivity contribution in [3.05, 3.63) is 57.6 Å². The first-order valence-electron chi connectivity index (χ1n) is 6.87. The summed E-state index contributed by atoms with van der Waals surface area (Å²) in [7, 11) is 3.06. The Kier molecular flexibility index (Phi) is 5.61. The van der Waals surface area contributed by atoms with Gasteiger partial charge >= 0.3 is 5.97 Å². The summed E-state index contributed by atoms with van der Waals surface area (Å²) in [5.41, 5.74) is 1.83. The van der Waals surface area contributed by atoms with Gasteiger partial charge in [0.2, 0.25) is 0 Å². The summed E-state index contributed by atoms with van der Waals surface area (Å²) >= 11 is 3.40. The van der Waals surface area contributed by atoms with Crippen LogP contribution in [0.4, 0.5) is 0 Å². The molecule has 24 heavy (non-hydrogen) atoms. The van der Waals surface area contributed by atoms with Crippen molar-refractivity contribution in [3.63, 3.8) is 0 Å². The molecule has 0 saturated carbocycles. The van der Waals surface area contributed by atoms with Crippen LogP contribution in [0.15, 0.2) is 40.9 Å². The molecule has 0 amide bonds. The number of carbonyl (C=O) groups is 1. The van der Waals surface area contributed by atoms with Crippen LogP contribution in [-0.2, 0) is 0 Å². The van der Waals surface area contributed by atoms with Crippen molar-refractivity contribution in [2.75, 3.05) is 14.2 Å². The van der Waals surface area contributed by atoms with Crippen molar-refractivity contribution in [1.29, 1.82) is 5.26 Å². The zero-order chi connectivity index (χ0) is 17.7. The molecule has 0 aliphatic rings. The third-order valence-electron chi connectivity index (χ3n) is 3.34. The zero-order valence-electron chi connectivity index (χ0n) is 13.0. The zero-order valence-corrected chi connectivity index (χ0v) is 14.6. The van der Waals surface area contributed by atoms with Crippen LogP contribution < -0.4 is 9.47 Å². The minimum absolute atomic E-state index is 0.165. The maximum atomic E-state index is 10.9. The highest BCUT2D eigenvalue weighted by Crippen LogP contribution is 2.36. The number of halogens is 1. The highest BCUT2D eigenvalue weighted by atomic mass is 79.9. The second-order valence-electron chi connectivity index (χ2n) is 4.78. The van der Waals surface area contributed by atoms with E-state index in [0.29, 0.717) is 28.2 Å². The molecular weight excluding hydrogens is 374 g/mol. The van der Waals surface area contributed by atoms with E-state index in [2.05, 4.69) is 22.0 Å². The molecule has 0 atom stereocenters. The van der Waals surface area contributed by atoms with Gasteiger partial charge in [-0.25, -0.2) is 4.79 Å². The Labute approximate surface area is 147 Å². The molecule has 0 radical (unpaired) electrons. The molecule has 5 nitrogen and oxygen atoms in total. The van der Waals surface area contributed by atoms with Gasteiger partial charge in [0.15, 0.2) is 11.5 Å². The smallest absolute Gasteiger partial charge is 0.335 e. The lowest BCUT2D eigenvalue weighted by molar-refractivity contribution is 0.0697. The van der Waals surface area contributed by atoms with Crippen LogP contribution in [0.3, 0.4) is 0 Å². The molecule has 0 spiro atoms. The molecule has 0 aromatic heterocycles. The van der Waals surface area contributed by atoms with Crippen LogP contribution >= 0.6 is 15.9 Å². The summed E-state index contributed by atoms with van der Waals surface area (Å²) < 4.78 is 11.4. The Bertz CT molecular complexity index is 835. The normalized spacial score (nSPS) is 10.8. The molecule has 122 valence electrons. The summed E-state index contributed by atoms with van der Waals surface area (Å²) in [6.07, 6.45) is 1.67. The van der Waals surface area contributed by atoms with E-state index in [1.807, 2.05) is 6.07 Å². The number of allylic oxidation sites excluding steroid dienone is 1. The molecule has 0 fully saturated rings. The second kappa shape index (κ2) is 7.66. The van der Waals surface area contributed by atoms with Crippen molar-refractivity contribution in [2.45, 2.75) is 0 Å². The lowest BCUT2D eigenvalue weighted by atomic mass is 10.0. The minimum Gasteiger partial charge on any atom is -0.493 e. The van der Waals surface area contributed by atoms with E-state index in [4.69, 9.17) is 14.6 Å². The largest absolute Gasteiger partial charge is 0.493 e. The first kappa shape index (κ1) is 17.6. The molecular formula is C18H14BrNO4. The molecule has 2 aromatic rings. The fraction of sp³-hybridized carbons (Fsp3) is 0.111. The molecule has 0 heterocycles. The van der Waals surface area contributed by atoms with E-state index in [9.17, 15) is 10.1 Å². The van der Waals surface area contributed by atoms with Gasteiger partial charge < -0.3 is 14.6 Å². The number of carboxylic acids is 1. The topological polar surface area (TPSA) is 79.5 Å². The first-order chi connectivity index (χ1) is 11.5. The average molecular weight is 388 g/mol. The molecule has 0 saturated heterocycles. The number of benzene rings is 2. The van der Waals surface area contributed by atoms with E-state index in [-0.39, 0.29) is 5.56 Å². The van der Waals surface area contributed by atoms with Crippen LogP contribution in [0.2, 0.25) is 0 Å². The lowest BCUT2D eigenvalue weighted by Gasteiger charge is -2.12. The Hall–Kier alpha value is -2.78. The third-order valence-corrected chi connectivity index (χ3v) is 3.79.